The molecule has 1 aliphatic carbocycles. The van der Waals surface area contributed by atoms with E-state index in [4.69, 9.17) is 30.3 Å². The van der Waals surface area contributed by atoms with Crippen molar-refractivity contribution in [1.82, 2.24) is 34.3 Å². The molecule has 1 aromatic rings. The molecule has 1 aromatic carbocycles. The molecule has 6 saturated heterocycles. The zero-order chi connectivity index (χ0) is 46.7. The van der Waals surface area contributed by atoms with Gasteiger partial charge >= 0.3 is 0 Å². The highest BCUT2D eigenvalue weighted by Crippen LogP contribution is 2.35. The summed E-state index contributed by atoms with van der Waals surface area (Å²) in [5, 5.41) is 43.0. The highest BCUT2D eigenvalue weighted by Gasteiger charge is 2.35. The average Bonchev–Trinajstić information content (AvgIpc) is 3.92. The molecular weight excluding hydrogens is 803 g/mol. The molecule has 1 saturated carbocycles. The van der Waals surface area contributed by atoms with Crippen molar-refractivity contribution in [2.24, 2.45) is 17.8 Å². The van der Waals surface area contributed by atoms with E-state index >= 15 is 0 Å². The van der Waals surface area contributed by atoms with E-state index in [0.29, 0.717) is 36.1 Å². The van der Waals surface area contributed by atoms with Gasteiger partial charge in [0.25, 0.3) is 0 Å². The maximum atomic E-state index is 12.1. The molecule has 0 bridgehead atoms. The van der Waals surface area contributed by atoms with Gasteiger partial charge in [0.15, 0.2) is 5.78 Å². The molecule has 15 heteroatoms. The van der Waals surface area contributed by atoms with Gasteiger partial charge in [-0.2, -0.15) is 0 Å². The topological polar surface area (TPSA) is 167 Å². The Hall–Kier alpha value is -1.96. The van der Waals surface area contributed by atoms with Gasteiger partial charge in [-0.05, 0) is 147 Å². The monoisotopic (exact) mass is 894 g/mol. The number of carbonyl (C=O) groups is 2. The van der Waals surface area contributed by atoms with Gasteiger partial charge in [-0.15, -0.1) is 0 Å². The summed E-state index contributed by atoms with van der Waals surface area (Å²) in [5.41, 5.74) is 0.868. The van der Waals surface area contributed by atoms with Gasteiger partial charge < -0.3 is 64.6 Å². The molecule has 6 heterocycles. The summed E-state index contributed by atoms with van der Waals surface area (Å²) in [6, 6.07) is 10.1. The Kier molecular flexibility index (Phi) is 29.6. The fourth-order valence-electron chi connectivity index (χ4n) is 8.07. The number of β-amino-alcohol motifs (C(OH)–C–C–N with tert-alkyl or cyclic N) is 2. The first kappa shape index (κ1) is 57.2. The van der Waals surface area contributed by atoms with Crippen LogP contribution in [0.15, 0.2) is 30.3 Å². The third kappa shape index (κ3) is 25.5. The van der Waals surface area contributed by atoms with Crippen molar-refractivity contribution in [2.75, 3.05) is 161 Å². The van der Waals surface area contributed by atoms with Crippen molar-refractivity contribution < 1.29 is 39.9 Å². The van der Waals surface area contributed by atoms with Crippen molar-refractivity contribution in [3.05, 3.63) is 35.9 Å². The van der Waals surface area contributed by atoms with Crippen LogP contribution in [0, 0.1) is 17.8 Å². The van der Waals surface area contributed by atoms with Gasteiger partial charge in [-0.1, -0.05) is 30.3 Å². The van der Waals surface area contributed by atoms with Crippen molar-refractivity contribution in [3.8, 4) is 0 Å². The van der Waals surface area contributed by atoms with Crippen LogP contribution in [0.25, 0.3) is 0 Å². The maximum Gasteiger partial charge on any atom is 0.166 e. The summed E-state index contributed by atoms with van der Waals surface area (Å²) in [7, 11) is 16.2. The van der Waals surface area contributed by atoms with E-state index in [2.05, 4.69) is 50.5 Å². The number of carbonyl (C=O) groups excluding carboxylic acids is 2. The number of likely N-dealkylation sites (tertiary alicyclic amines) is 5. The smallest absolute Gasteiger partial charge is 0.166 e. The fraction of sp³-hybridized carbons (Fsp3) is 0.833. The van der Waals surface area contributed by atoms with Gasteiger partial charge in [0, 0.05) is 75.2 Å². The minimum absolute atomic E-state index is 0.0324. The number of rotatable bonds is 8. The lowest BCUT2D eigenvalue weighted by molar-refractivity contribution is -0.125. The van der Waals surface area contributed by atoms with E-state index in [1.165, 1.54) is 25.7 Å². The molecule has 366 valence electrons. The molecule has 7 fully saturated rings. The predicted molar refractivity (Wildman–Crippen MR) is 253 cm³/mol. The van der Waals surface area contributed by atoms with Crippen LogP contribution in [-0.2, 0) is 9.53 Å². The molecule has 0 aromatic heterocycles. The summed E-state index contributed by atoms with van der Waals surface area (Å²) in [4.78, 5) is 38.8. The van der Waals surface area contributed by atoms with Crippen LogP contribution in [0.5, 0.6) is 0 Å². The molecule has 5 N–H and O–H groups in total. The number of hydrogen-bond acceptors (Lipinski definition) is 15. The van der Waals surface area contributed by atoms with Crippen LogP contribution in [0.2, 0.25) is 0 Å². The second-order valence-electron chi connectivity index (χ2n) is 19.1. The van der Waals surface area contributed by atoms with Crippen molar-refractivity contribution in [3.63, 3.8) is 0 Å². The third-order valence-corrected chi connectivity index (χ3v) is 12.6. The summed E-state index contributed by atoms with van der Waals surface area (Å²) < 4.78 is 5.21. The van der Waals surface area contributed by atoms with E-state index in [1.54, 1.807) is 0 Å². The maximum absolute atomic E-state index is 12.1. The van der Waals surface area contributed by atoms with Gasteiger partial charge in [0.05, 0.1) is 44.7 Å². The average molecular weight is 894 g/mol. The summed E-state index contributed by atoms with van der Waals surface area (Å²) in [6.45, 7) is 13.2. The molecule has 3 unspecified atom stereocenters. The zero-order valence-electron chi connectivity index (χ0n) is 40.7. The van der Waals surface area contributed by atoms with Gasteiger partial charge in [-0.25, -0.2) is 0 Å². The third-order valence-electron chi connectivity index (χ3n) is 12.6. The number of ether oxygens (including phenoxy) is 1. The molecule has 63 heavy (non-hydrogen) atoms. The number of aliphatic hydroxyl groups is 5. The van der Waals surface area contributed by atoms with Gasteiger partial charge in [0.1, 0.15) is 5.78 Å². The first-order valence-corrected chi connectivity index (χ1v) is 23.8. The van der Waals surface area contributed by atoms with Crippen LogP contribution in [-0.4, -0.2) is 257 Å². The number of nitrogens with zero attached hydrogens (tertiary/aromatic N) is 7. The first-order valence-electron chi connectivity index (χ1n) is 23.8. The zero-order valence-corrected chi connectivity index (χ0v) is 40.7. The summed E-state index contributed by atoms with van der Waals surface area (Å²) >= 11 is 0. The molecule has 0 spiro atoms. The molecule has 7 aliphatic rings. The Morgan fingerprint density at radius 3 is 1.44 bits per heavy atom. The van der Waals surface area contributed by atoms with Crippen LogP contribution < -0.4 is 0 Å². The fourth-order valence-corrected chi connectivity index (χ4v) is 8.07. The van der Waals surface area contributed by atoms with Crippen molar-refractivity contribution in [2.45, 2.75) is 82.1 Å². The van der Waals surface area contributed by atoms with Crippen molar-refractivity contribution >= 4 is 11.6 Å². The van der Waals surface area contributed by atoms with Crippen LogP contribution in [0.4, 0.5) is 0 Å². The Bertz CT molecular complexity index is 1290. The SMILES string of the molecule is CN(C)CCO.CN1CC(O)C1.CN1CCC(C(=O)C2CC2)CC1.CN1CCC(C(=O)c2ccccc2)CC1.CN1CCC(O)C1.CN1CCCC1CO.CN1CCOC(CO)C1. The number of aliphatic hydroxyl groups excluding tert-OH is 5. The highest BCUT2D eigenvalue weighted by atomic mass is 16.5. The number of morpholine rings is 1. The Morgan fingerprint density at radius 2 is 1.13 bits per heavy atom. The Morgan fingerprint density at radius 1 is 0.603 bits per heavy atom. The second-order valence-corrected chi connectivity index (χ2v) is 19.1. The number of likely N-dealkylation sites (N-methyl/N-ethyl adjacent to an activating group) is 5. The van der Waals surface area contributed by atoms with E-state index in [-0.39, 0.29) is 37.4 Å². The quantitative estimate of drug-likeness (QED) is 0.238. The number of benzene rings is 1. The van der Waals surface area contributed by atoms with E-state index < -0.39 is 0 Å². The molecular formula is C48H91N7O8. The normalized spacial score (nSPS) is 25.5. The van der Waals surface area contributed by atoms with E-state index in [1.807, 2.05) is 70.5 Å². The standard InChI is InChI=1S/C13H17NO.C10H17NO.C6H13NO2.C6H13NO.C5H11NO.C4H9NO.C4H11NO/c1-14-9-7-12(8-10-14)13(15)11-5-3-2-4-6-11;1-11-6-4-9(5-7-11)10(12)8-2-3-8;1-7-2-3-9-6(4-7)5-8;1-7-4-2-3-6(7)5-8;1-6-3-2-5(7)4-6;1-5-2-4(6)3-5;1-5(2)3-4-6/h2-6,12H,7-10H2,1H3;8-9H,2-7H2,1H3;6,8H,2-5H2,1H3;6,8H,2-5H2,1H3;5,7H,2-4H2,1H3;4,6H,2-3H2,1H3;6H,3-4H2,1-2H3. The second kappa shape index (κ2) is 32.7. The number of ketones is 2. The number of hydrogen-bond donors (Lipinski definition) is 5. The largest absolute Gasteiger partial charge is 0.395 e. The molecule has 6 aliphatic heterocycles. The lowest BCUT2D eigenvalue weighted by Crippen LogP contribution is -2.47. The van der Waals surface area contributed by atoms with E-state index in [0.717, 1.165) is 123 Å². The van der Waals surface area contributed by atoms with Gasteiger partial charge in [-0.3, -0.25) is 9.59 Å². The molecule has 3 atom stereocenters. The minimum Gasteiger partial charge on any atom is -0.395 e. The van der Waals surface area contributed by atoms with Crippen molar-refractivity contribution in [1.29, 1.82) is 0 Å². The molecule has 0 amide bonds. The van der Waals surface area contributed by atoms with Crippen LogP contribution in [0.3, 0.4) is 0 Å². The first-order chi connectivity index (χ1) is 30.1. The van der Waals surface area contributed by atoms with Gasteiger partial charge in [0.2, 0.25) is 0 Å². The number of Topliss-reactive ketones (excluding diaryl/α,β-unsaturated/α-hetero) is 2. The van der Waals surface area contributed by atoms with Crippen LogP contribution >= 0.6 is 0 Å². The molecule has 8 rings (SSSR count). The Labute approximate surface area is 381 Å². The number of piperidine rings is 2. The molecule has 15 nitrogen and oxygen atoms in total. The van der Waals surface area contributed by atoms with Crippen LogP contribution in [0.1, 0.15) is 68.1 Å². The molecule has 0 radical (unpaired) electrons. The summed E-state index contributed by atoms with van der Waals surface area (Å²) in [5.74, 6) is 2.02. The lowest BCUT2D eigenvalue weighted by Gasteiger charge is -2.31. The Balaban J connectivity index is 0.000000260. The van der Waals surface area contributed by atoms with E-state index in [9.17, 15) is 9.59 Å². The highest BCUT2D eigenvalue weighted by molar-refractivity contribution is 5.97. The minimum atomic E-state index is -0.0509. The summed E-state index contributed by atoms with van der Waals surface area (Å²) in [6.07, 6.45) is 9.90. The predicted octanol–water partition coefficient (Wildman–Crippen LogP) is 1.42. The lowest BCUT2D eigenvalue weighted by atomic mass is 9.89.